The molecule has 3 nitrogen and oxygen atoms in total. The van der Waals surface area contributed by atoms with Crippen molar-refractivity contribution >= 4 is 29.6 Å². The van der Waals surface area contributed by atoms with Crippen LogP contribution in [0.4, 0.5) is 0 Å². The molecule has 0 bridgehead atoms. The lowest BCUT2D eigenvalue weighted by molar-refractivity contribution is 0.415. The van der Waals surface area contributed by atoms with Crippen molar-refractivity contribution in [3.05, 3.63) is 45.2 Å². The molecule has 0 aliphatic heterocycles. The molecule has 0 unspecified atom stereocenters. The van der Waals surface area contributed by atoms with Crippen LogP contribution in [0.25, 0.3) is 6.08 Å². The summed E-state index contributed by atoms with van der Waals surface area (Å²) in [4.78, 5) is 0. The Kier molecular flexibility index (Phi) is 12.3. The summed E-state index contributed by atoms with van der Waals surface area (Å²) in [7, 11) is 1.63. The summed E-state index contributed by atoms with van der Waals surface area (Å²) in [5.41, 5.74) is 2.24. The first-order chi connectivity index (χ1) is 13.2. The SMILES string of the molecule is CCCCSC(SCCCC)=C(C#N)C/C(C#N)=C\c1ccc(OC)cc1. The maximum atomic E-state index is 9.70. The summed E-state index contributed by atoms with van der Waals surface area (Å²) < 4.78 is 6.24. The van der Waals surface area contributed by atoms with E-state index in [1.54, 1.807) is 30.6 Å². The number of allylic oxidation sites excluding steroid dienone is 2. The highest BCUT2D eigenvalue weighted by Crippen LogP contribution is 2.35. The van der Waals surface area contributed by atoms with Gasteiger partial charge >= 0.3 is 0 Å². The molecule has 1 aromatic carbocycles. The predicted molar refractivity (Wildman–Crippen MR) is 119 cm³/mol. The number of hydrogen-bond donors (Lipinski definition) is 0. The fraction of sp³-hybridized carbons (Fsp3) is 0.455. The quantitative estimate of drug-likeness (QED) is 0.285. The minimum absolute atomic E-state index is 0.382. The zero-order valence-corrected chi connectivity index (χ0v) is 18.1. The number of nitriles is 2. The molecule has 0 saturated carbocycles. The highest BCUT2D eigenvalue weighted by Gasteiger charge is 2.11. The van der Waals surface area contributed by atoms with Crippen molar-refractivity contribution in [3.8, 4) is 17.9 Å². The average molecular weight is 401 g/mol. The van der Waals surface area contributed by atoms with E-state index in [9.17, 15) is 10.5 Å². The van der Waals surface area contributed by atoms with Gasteiger partial charge in [0, 0.05) is 12.0 Å². The third kappa shape index (κ3) is 9.09. The number of thioether (sulfide) groups is 2. The minimum Gasteiger partial charge on any atom is -0.497 e. The van der Waals surface area contributed by atoms with Gasteiger partial charge in [-0.1, -0.05) is 38.8 Å². The Hall–Kier alpha value is -1.82. The third-order valence-electron chi connectivity index (χ3n) is 3.81. The molecule has 144 valence electrons. The van der Waals surface area contributed by atoms with Crippen LogP contribution in [0.3, 0.4) is 0 Å². The molecule has 0 atom stereocenters. The van der Waals surface area contributed by atoms with Crippen molar-refractivity contribution in [2.24, 2.45) is 0 Å². The summed E-state index contributed by atoms with van der Waals surface area (Å²) in [6.45, 7) is 4.34. The van der Waals surface area contributed by atoms with E-state index in [4.69, 9.17) is 4.74 Å². The molecule has 0 heterocycles. The van der Waals surface area contributed by atoms with Gasteiger partial charge in [0.25, 0.3) is 0 Å². The summed E-state index contributed by atoms with van der Waals surface area (Å²) in [6, 6.07) is 12.2. The molecule has 1 rings (SSSR count). The molecule has 0 radical (unpaired) electrons. The highest BCUT2D eigenvalue weighted by atomic mass is 32.2. The number of rotatable bonds is 12. The molecular weight excluding hydrogens is 372 g/mol. The molecule has 0 spiro atoms. The van der Waals surface area contributed by atoms with Crippen molar-refractivity contribution in [2.45, 2.75) is 46.0 Å². The van der Waals surface area contributed by atoms with Crippen LogP contribution in [0.15, 0.2) is 39.6 Å². The Balaban J connectivity index is 3.00. The van der Waals surface area contributed by atoms with Crippen molar-refractivity contribution in [1.82, 2.24) is 0 Å². The van der Waals surface area contributed by atoms with Gasteiger partial charge in [0.2, 0.25) is 0 Å². The van der Waals surface area contributed by atoms with E-state index < -0.39 is 0 Å². The second kappa shape index (κ2) is 14.3. The van der Waals surface area contributed by atoms with Gasteiger partial charge in [-0.15, -0.1) is 23.5 Å². The van der Waals surface area contributed by atoms with Gasteiger partial charge < -0.3 is 4.74 Å². The summed E-state index contributed by atoms with van der Waals surface area (Å²) in [5.74, 6) is 2.81. The van der Waals surface area contributed by atoms with Gasteiger partial charge in [-0.3, -0.25) is 0 Å². The van der Waals surface area contributed by atoms with Crippen molar-refractivity contribution in [3.63, 3.8) is 0 Å². The van der Waals surface area contributed by atoms with E-state index in [0.29, 0.717) is 17.6 Å². The van der Waals surface area contributed by atoms with Crippen LogP contribution in [-0.2, 0) is 0 Å². The zero-order chi connectivity index (χ0) is 19.9. The lowest BCUT2D eigenvalue weighted by atomic mass is 10.1. The zero-order valence-electron chi connectivity index (χ0n) is 16.5. The Morgan fingerprint density at radius 3 is 2.04 bits per heavy atom. The van der Waals surface area contributed by atoms with Gasteiger partial charge in [-0.2, -0.15) is 10.5 Å². The Labute approximate surface area is 172 Å². The van der Waals surface area contributed by atoms with Crippen LogP contribution >= 0.6 is 23.5 Å². The first-order valence-electron chi connectivity index (χ1n) is 9.32. The van der Waals surface area contributed by atoms with Gasteiger partial charge in [-0.05, 0) is 48.1 Å². The molecule has 0 saturated heterocycles. The molecule has 1 aromatic rings. The maximum absolute atomic E-state index is 9.70. The molecule has 5 heteroatoms. The van der Waals surface area contributed by atoms with E-state index >= 15 is 0 Å². The number of ether oxygens (including phenoxy) is 1. The number of nitrogens with zero attached hydrogens (tertiary/aromatic N) is 2. The molecular formula is C22H28N2OS2. The Bertz CT molecular complexity index is 697. The van der Waals surface area contributed by atoms with Crippen LogP contribution in [-0.4, -0.2) is 18.6 Å². The molecule has 0 aliphatic carbocycles. The fourth-order valence-electron chi connectivity index (χ4n) is 2.21. The van der Waals surface area contributed by atoms with Gasteiger partial charge in [-0.25, -0.2) is 0 Å². The molecule has 0 aliphatic rings. The van der Waals surface area contributed by atoms with Crippen LogP contribution < -0.4 is 4.74 Å². The monoisotopic (exact) mass is 400 g/mol. The van der Waals surface area contributed by atoms with Crippen molar-refractivity contribution < 1.29 is 4.74 Å². The highest BCUT2D eigenvalue weighted by molar-refractivity contribution is 8.22. The smallest absolute Gasteiger partial charge is 0.118 e. The van der Waals surface area contributed by atoms with Crippen molar-refractivity contribution in [2.75, 3.05) is 18.6 Å². The summed E-state index contributed by atoms with van der Waals surface area (Å²) >= 11 is 3.52. The van der Waals surface area contributed by atoms with Crippen LogP contribution in [0, 0.1) is 22.7 Å². The van der Waals surface area contributed by atoms with E-state index in [1.807, 2.05) is 30.3 Å². The predicted octanol–water partition coefficient (Wildman–Crippen LogP) is 6.79. The van der Waals surface area contributed by atoms with Gasteiger partial charge in [0.1, 0.15) is 5.75 Å². The average Bonchev–Trinajstić information content (AvgIpc) is 2.71. The largest absolute Gasteiger partial charge is 0.497 e. The van der Waals surface area contributed by atoms with Crippen molar-refractivity contribution in [1.29, 1.82) is 10.5 Å². The second-order valence-electron chi connectivity index (χ2n) is 6.01. The normalized spacial score (nSPS) is 10.8. The minimum atomic E-state index is 0.382. The van der Waals surface area contributed by atoms with Crippen LogP contribution in [0.2, 0.25) is 0 Å². The Morgan fingerprint density at radius 1 is 1.00 bits per heavy atom. The van der Waals surface area contributed by atoms with E-state index in [-0.39, 0.29) is 0 Å². The van der Waals surface area contributed by atoms with Gasteiger partial charge in [0.05, 0.1) is 29.1 Å². The first kappa shape index (κ1) is 23.2. The standard InChI is InChI=1S/C22H28N2OS2/c1-4-6-12-26-22(27-13-7-5-2)20(17-24)15-19(16-23)14-18-8-10-21(25-3)11-9-18/h8-11,14H,4-7,12-13,15H2,1-3H3/b19-14+. The van der Waals surface area contributed by atoms with Crippen LogP contribution in [0.1, 0.15) is 51.5 Å². The third-order valence-corrected chi connectivity index (χ3v) is 6.52. The number of unbranched alkanes of at least 4 members (excludes halogenated alkanes) is 2. The summed E-state index contributed by atoms with van der Waals surface area (Å²) in [5, 5.41) is 19.3. The molecule has 0 fully saturated rings. The number of benzene rings is 1. The number of hydrogen-bond acceptors (Lipinski definition) is 5. The summed E-state index contributed by atoms with van der Waals surface area (Å²) in [6.07, 6.45) is 6.78. The second-order valence-corrected chi connectivity index (χ2v) is 8.48. The molecule has 27 heavy (non-hydrogen) atoms. The van der Waals surface area contributed by atoms with Gasteiger partial charge in [0.15, 0.2) is 0 Å². The lowest BCUT2D eigenvalue weighted by Gasteiger charge is -2.10. The lowest BCUT2D eigenvalue weighted by Crippen LogP contribution is -1.91. The molecule has 0 N–H and O–H groups in total. The van der Waals surface area contributed by atoms with E-state index in [1.165, 1.54) is 0 Å². The van der Waals surface area contributed by atoms with E-state index in [2.05, 4.69) is 26.0 Å². The molecule has 0 amide bonds. The molecule has 0 aromatic heterocycles. The van der Waals surface area contributed by atoms with E-state index in [0.717, 1.165) is 52.7 Å². The topological polar surface area (TPSA) is 56.8 Å². The number of methoxy groups -OCH3 is 1. The van der Waals surface area contributed by atoms with Crippen LogP contribution in [0.5, 0.6) is 5.75 Å². The maximum Gasteiger partial charge on any atom is 0.118 e. The Morgan fingerprint density at radius 2 is 1.59 bits per heavy atom. The fourth-order valence-corrected chi connectivity index (χ4v) is 4.86. The first-order valence-corrected chi connectivity index (χ1v) is 11.3.